The van der Waals surface area contributed by atoms with E-state index in [1.165, 1.54) is 33.4 Å². The van der Waals surface area contributed by atoms with Gasteiger partial charge in [0, 0.05) is 23.0 Å². The molecule has 2 unspecified atom stereocenters. The Balaban J connectivity index is 1.67. The van der Waals surface area contributed by atoms with Gasteiger partial charge in [-0.05, 0) is 69.5 Å². The Kier molecular flexibility index (Phi) is 5.75. The maximum Gasteiger partial charge on any atom is 0.163 e. The lowest BCUT2D eigenvalue weighted by Gasteiger charge is -2.59. The fourth-order valence-electron chi connectivity index (χ4n) is 8.14. The molecule has 1 aromatic heterocycles. The van der Waals surface area contributed by atoms with Crippen molar-refractivity contribution in [3.05, 3.63) is 94.0 Å². The smallest absolute Gasteiger partial charge is 0.163 e. The van der Waals surface area contributed by atoms with Crippen molar-refractivity contribution < 1.29 is 18.9 Å². The Morgan fingerprint density at radius 2 is 0.762 bits per heavy atom. The average molecular weight is 561 g/mol. The first kappa shape index (κ1) is 26.6. The fourth-order valence-corrected chi connectivity index (χ4v) is 8.14. The molecule has 1 heterocycles. The van der Waals surface area contributed by atoms with Crippen molar-refractivity contribution in [1.29, 1.82) is 0 Å². The van der Waals surface area contributed by atoms with Crippen molar-refractivity contribution in [2.24, 2.45) is 11.8 Å². The van der Waals surface area contributed by atoms with Crippen LogP contribution in [0.3, 0.4) is 0 Å². The second kappa shape index (κ2) is 9.09. The van der Waals surface area contributed by atoms with Crippen LogP contribution < -0.4 is 18.9 Å². The Morgan fingerprint density at radius 3 is 1.10 bits per heavy atom. The summed E-state index contributed by atoms with van der Waals surface area (Å²) in [6, 6.07) is 21.8. The van der Waals surface area contributed by atoms with Gasteiger partial charge >= 0.3 is 0 Å². The molecular formula is C36H36N2O4. The molecule has 2 atom stereocenters. The molecule has 0 radical (unpaired) electrons. The summed E-state index contributed by atoms with van der Waals surface area (Å²) in [5.74, 6) is 3.22. The molecule has 5 aromatic rings. The molecule has 2 bridgehead atoms. The molecular weight excluding hydrogens is 524 g/mol. The number of fused-ring (bicyclic) bond motifs is 2. The second-order valence-corrected chi connectivity index (χ2v) is 12.0. The van der Waals surface area contributed by atoms with E-state index >= 15 is 0 Å². The first-order valence-electron chi connectivity index (χ1n) is 14.5. The van der Waals surface area contributed by atoms with Gasteiger partial charge in [-0.15, -0.1) is 0 Å². The van der Waals surface area contributed by atoms with Crippen molar-refractivity contribution in [3.8, 4) is 23.0 Å². The van der Waals surface area contributed by atoms with Crippen molar-refractivity contribution in [3.63, 3.8) is 0 Å². The molecule has 3 aliphatic rings. The zero-order valence-corrected chi connectivity index (χ0v) is 25.5. The molecule has 0 fully saturated rings. The highest BCUT2D eigenvalue weighted by molar-refractivity contribution is 5.91. The molecule has 3 aliphatic carbocycles. The minimum absolute atomic E-state index is 0.231. The predicted molar refractivity (Wildman–Crippen MR) is 166 cm³/mol. The van der Waals surface area contributed by atoms with Crippen LogP contribution in [0.15, 0.2) is 60.7 Å². The van der Waals surface area contributed by atoms with Gasteiger partial charge in [0.25, 0.3) is 0 Å². The SMILES string of the molecule is COc1cc2c(cc1OC)C1(C(C)C)c3ccccc3C2(C(C)C)c2cc3nc4cc(OC)c(OC)cc4nc3cc21. The molecule has 214 valence electrons. The van der Waals surface area contributed by atoms with Gasteiger partial charge in [-0.25, -0.2) is 9.97 Å². The molecule has 6 nitrogen and oxygen atoms in total. The molecule has 0 spiro atoms. The van der Waals surface area contributed by atoms with E-state index in [0.29, 0.717) is 11.5 Å². The minimum Gasteiger partial charge on any atom is -0.493 e. The predicted octanol–water partition coefficient (Wildman–Crippen LogP) is 7.43. The van der Waals surface area contributed by atoms with Crippen molar-refractivity contribution in [1.82, 2.24) is 9.97 Å². The molecule has 0 saturated heterocycles. The van der Waals surface area contributed by atoms with Crippen LogP contribution in [0.5, 0.6) is 23.0 Å². The van der Waals surface area contributed by atoms with Crippen molar-refractivity contribution >= 4 is 22.1 Å². The Hall–Kier alpha value is -4.32. The molecule has 4 aromatic carbocycles. The highest BCUT2D eigenvalue weighted by Gasteiger charge is 2.61. The van der Waals surface area contributed by atoms with E-state index in [1.807, 2.05) is 12.1 Å². The number of benzene rings is 4. The maximum absolute atomic E-state index is 5.89. The van der Waals surface area contributed by atoms with Crippen LogP contribution in [-0.2, 0) is 10.8 Å². The summed E-state index contributed by atoms with van der Waals surface area (Å²) in [5.41, 5.74) is 10.2. The molecule has 6 heteroatoms. The largest absolute Gasteiger partial charge is 0.493 e. The number of aromatic nitrogens is 2. The third-order valence-corrected chi connectivity index (χ3v) is 9.81. The number of hydrogen-bond acceptors (Lipinski definition) is 6. The van der Waals surface area contributed by atoms with Crippen LogP contribution in [0, 0.1) is 11.8 Å². The van der Waals surface area contributed by atoms with Crippen LogP contribution in [0.25, 0.3) is 22.1 Å². The summed E-state index contributed by atoms with van der Waals surface area (Å²) < 4.78 is 22.9. The van der Waals surface area contributed by atoms with E-state index in [2.05, 4.69) is 76.2 Å². The summed E-state index contributed by atoms with van der Waals surface area (Å²) >= 11 is 0. The van der Waals surface area contributed by atoms with Crippen LogP contribution >= 0.6 is 0 Å². The number of methoxy groups -OCH3 is 4. The molecule has 0 aliphatic heterocycles. The summed E-state index contributed by atoms with van der Waals surface area (Å²) in [5, 5.41) is 0. The third-order valence-electron chi connectivity index (χ3n) is 9.81. The van der Waals surface area contributed by atoms with E-state index in [1.54, 1.807) is 28.4 Å². The van der Waals surface area contributed by atoms with Gasteiger partial charge in [0.1, 0.15) is 0 Å². The van der Waals surface area contributed by atoms with Gasteiger partial charge in [0.05, 0.1) is 50.5 Å². The third kappa shape index (κ3) is 3.05. The Bertz CT molecular complexity index is 1780. The van der Waals surface area contributed by atoms with Crippen molar-refractivity contribution in [2.75, 3.05) is 28.4 Å². The summed E-state index contributed by atoms with van der Waals surface area (Å²) in [4.78, 5) is 10.3. The van der Waals surface area contributed by atoms with E-state index in [4.69, 9.17) is 28.9 Å². The van der Waals surface area contributed by atoms with E-state index in [9.17, 15) is 0 Å². The summed E-state index contributed by atoms with van der Waals surface area (Å²) in [6.07, 6.45) is 0. The van der Waals surface area contributed by atoms with Gasteiger partial charge in [-0.2, -0.15) is 0 Å². The lowest BCUT2D eigenvalue weighted by molar-refractivity contribution is 0.315. The summed E-state index contributed by atoms with van der Waals surface area (Å²) in [6.45, 7) is 9.29. The number of nitrogens with zero attached hydrogens (tertiary/aromatic N) is 2. The van der Waals surface area contributed by atoms with Gasteiger partial charge in [0.15, 0.2) is 23.0 Å². The van der Waals surface area contributed by atoms with E-state index < -0.39 is 10.8 Å². The van der Waals surface area contributed by atoms with Crippen LogP contribution in [-0.4, -0.2) is 38.4 Å². The van der Waals surface area contributed by atoms with E-state index in [-0.39, 0.29) is 11.8 Å². The Morgan fingerprint density at radius 1 is 0.452 bits per heavy atom. The number of hydrogen-bond donors (Lipinski definition) is 0. The first-order valence-corrected chi connectivity index (χ1v) is 14.5. The van der Waals surface area contributed by atoms with Crippen LogP contribution in [0.2, 0.25) is 0 Å². The monoisotopic (exact) mass is 560 g/mol. The molecule has 0 amide bonds. The quantitative estimate of drug-likeness (QED) is 0.201. The van der Waals surface area contributed by atoms with Gasteiger partial charge in [-0.3, -0.25) is 0 Å². The normalized spacial score (nSPS) is 20.0. The molecule has 42 heavy (non-hydrogen) atoms. The lowest BCUT2D eigenvalue weighted by atomic mass is 9.42. The highest BCUT2D eigenvalue weighted by Crippen LogP contribution is 2.67. The minimum atomic E-state index is -0.417. The van der Waals surface area contributed by atoms with Crippen LogP contribution in [0.4, 0.5) is 0 Å². The highest BCUT2D eigenvalue weighted by atomic mass is 16.5. The molecule has 8 rings (SSSR count). The second-order valence-electron chi connectivity index (χ2n) is 12.0. The first-order chi connectivity index (χ1) is 20.3. The average Bonchev–Trinajstić information content (AvgIpc) is 3.00. The summed E-state index contributed by atoms with van der Waals surface area (Å²) in [7, 11) is 6.71. The van der Waals surface area contributed by atoms with Gasteiger partial charge < -0.3 is 18.9 Å². The van der Waals surface area contributed by atoms with Crippen molar-refractivity contribution in [2.45, 2.75) is 38.5 Å². The molecule has 0 N–H and O–H groups in total. The molecule has 0 saturated carbocycles. The number of ether oxygens (including phenoxy) is 4. The standard InChI is InChI=1S/C36H36N2O4/c1-19(2)35-21-11-9-10-12-22(21)36(20(3)4,26-16-32(40-6)31(39-5)15-25(26)35)24-14-28-27(13-23(24)35)37-29-17-33(41-7)34(42-8)18-30(29)38-28/h9-20H,1-8H3. The zero-order chi connectivity index (χ0) is 29.6. The Labute approximate surface area is 246 Å². The topological polar surface area (TPSA) is 62.7 Å². The lowest BCUT2D eigenvalue weighted by Crippen LogP contribution is -2.55. The maximum atomic E-state index is 5.89. The zero-order valence-electron chi connectivity index (χ0n) is 25.5. The van der Waals surface area contributed by atoms with E-state index in [0.717, 1.165) is 33.6 Å². The van der Waals surface area contributed by atoms with Crippen LogP contribution in [0.1, 0.15) is 61.1 Å². The number of rotatable bonds is 6. The van der Waals surface area contributed by atoms with Gasteiger partial charge in [0.2, 0.25) is 0 Å². The van der Waals surface area contributed by atoms with Gasteiger partial charge in [-0.1, -0.05) is 52.0 Å². The fraction of sp³-hybridized carbons (Fsp3) is 0.333.